The molecule has 1 amide bonds. The molecule has 1 heterocycles. The average Bonchev–Trinajstić information content (AvgIpc) is 2.54. The van der Waals surface area contributed by atoms with Gasteiger partial charge < -0.3 is 9.64 Å². The van der Waals surface area contributed by atoms with Crippen molar-refractivity contribution in [3.05, 3.63) is 48.0 Å². The number of rotatable bonds is 3. The highest BCUT2D eigenvalue weighted by atomic mass is 79.9. The second-order valence-electron chi connectivity index (χ2n) is 5.35. The van der Waals surface area contributed by atoms with Crippen LogP contribution in [-0.4, -0.2) is 41.9 Å². The van der Waals surface area contributed by atoms with Crippen molar-refractivity contribution in [3.63, 3.8) is 0 Å². The number of ether oxygens (including phenoxy) is 1. The zero-order valence-corrected chi connectivity index (χ0v) is 13.4. The Hall–Kier alpha value is -1.39. The van der Waals surface area contributed by atoms with Crippen LogP contribution in [-0.2, 0) is 16.0 Å². The number of benzene rings is 2. The number of nitrogens with zero attached hydrogens (tertiary/aromatic N) is 1. The Morgan fingerprint density at radius 3 is 2.86 bits per heavy atom. The predicted octanol–water partition coefficient (Wildman–Crippen LogP) is 3.00. The fraction of sp³-hybridized carbons (Fsp3) is 0.353. The molecule has 0 N–H and O–H groups in total. The summed E-state index contributed by atoms with van der Waals surface area (Å²) in [6.45, 7) is 1.99. The number of halogens is 1. The van der Waals surface area contributed by atoms with Crippen LogP contribution in [0.2, 0.25) is 0 Å². The Balaban J connectivity index is 1.70. The summed E-state index contributed by atoms with van der Waals surface area (Å²) >= 11 is 3.42. The molecule has 0 radical (unpaired) electrons. The van der Waals surface area contributed by atoms with Gasteiger partial charge in [0.2, 0.25) is 5.91 Å². The molecule has 3 rings (SSSR count). The van der Waals surface area contributed by atoms with Crippen LogP contribution in [0.15, 0.2) is 42.5 Å². The number of hydrogen-bond acceptors (Lipinski definition) is 2. The number of carbonyl (C=O) groups excluding carboxylic acids is 1. The van der Waals surface area contributed by atoms with Gasteiger partial charge in [0, 0.05) is 18.4 Å². The molecule has 110 valence electrons. The van der Waals surface area contributed by atoms with Gasteiger partial charge in [-0.05, 0) is 16.3 Å². The van der Waals surface area contributed by atoms with E-state index < -0.39 is 0 Å². The molecule has 21 heavy (non-hydrogen) atoms. The van der Waals surface area contributed by atoms with Crippen molar-refractivity contribution in [3.8, 4) is 0 Å². The molecular weight excluding hydrogens is 330 g/mol. The standard InChI is InChI=1S/C17H18BrNO2/c18-11-16-12-19(7-8-21-16)17(20)10-13-5-6-14-3-1-2-4-15(14)9-13/h1-6,9,16H,7-8,10-12H2. The van der Waals surface area contributed by atoms with Crippen molar-refractivity contribution in [1.29, 1.82) is 0 Å². The molecule has 0 aromatic heterocycles. The van der Waals surface area contributed by atoms with Gasteiger partial charge in [-0.25, -0.2) is 0 Å². The summed E-state index contributed by atoms with van der Waals surface area (Å²) in [6, 6.07) is 14.5. The summed E-state index contributed by atoms with van der Waals surface area (Å²) in [4.78, 5) is 14.3. The maximum Gasteiger partial charge on any atom is 0.227 e. The molecular formula is C17H18BrNO2. The zero-order chi connectivity index (χ0) is 14.7. The molecule has 1 unspecified atom stereocenters. The van der Waals surface area contributed by atoms with Crippen molar-refractivity contribution >= 4 is 32.6 Å². The van der Waals surface area contributed by atoms with Crippen molar-refractivity contribution < 1.29 is 9.53 Å². The molecule has 0 spiro atoms. The van der Waals surface area contributed by atoms with E-state index in [2.05, 4.69) is 40.2 Å². The largest absolute Gasteiger partial charge is 0.374 e. The highest BCUT2D eigenvalue weighted by Crippen LogP contribution is 2.17. The third kappa shape index (κ3) is 3.44. The molecule has 1 saturated heterocycles. The minimum atomic E-state index is 0.110. The molecule has 1 aliphatic rings. The van der Waals surface area contributed by atoms with Gasteiger partial charge in [-0.15, -0.1) is 0 Å². The molecule has 3 nitrogen and oxygen atoms in total. The molecule has 0 aliphatic carbocycles. The lowest BCUT2D eigenvalue weighted by Gasteiger charge is -2.32. The number of carbonyl (C=O) groups is 1. The molecule has 1 fully saturated rings. The van der Waals surface area contributed by atoms with Crippen LogP contribution >= 0.6 is 15.9 Å². The van der Waals surface area contributed by atoms with Crippen LogP contribution in [0.25, 0.3) is 10.8 Å². The van der Waals surface area contributed by atoms with E-state index in [9.17, 15) is 4.79 Å². The van der Waals surface area contributed by atoms with E-state index >= 15 is 0 Å². The van der Waals surface area contributed by atoms with Gasteiger partial charge in [0.05, 0.1) is 19.1 Å². The Morgan fingerprint density at radius 2 is 2.05 bits per heavy atom. The van der Waals surface area contributed by atoms with Crippen molar-refractivity contribution in [2.75, 3.05) is 25.0 Å². The van der Waals surface area contributed by atoms with Crippen molar-refractivity contribution in [2.45, 2.75) is 12.5 Å². The van der Waals surface area contributed by atoms with Gasteiger partial charge >= 0.3 is 0 Å². The van der Waals surface area contributed by atoms with Crippen molar-refractivity contribution in [1.82, 2.24) is 4.90 Å². The van der Waals surface area contributed by atoms with Crippen molar-refractivity contribution in [2.24, 2.45) is 0 Å². The second-order valence-corrected chi connectivity index (χ2v) is 5.99. The molecule has 1 atom stereocenters. The molecule has 2 aromatic rings. The van der Waals surface area contributed by atoms with Crippen LogP contribution in [0.4, 0.5) is 0 Å². The number of alkyl halides is 1. The van der Waals surface area contributed by atoms with Crippen LogP contribution < -0.4 is 0 Å². The van der Waals surface area contributed by atoms with Gasteiger partial charge in [-0.2, -0.15) is 0 Å². The second kappa shape index (κ2) is 6.58. The van der Waals surface area contributed by atoms with Crippen LogP contribution in [0, 0.1) is 0 Å². The van der Waals surface area contributed by atoms with E-state index in [4.69, 9.17) is 4.74 Å². The fourth-order valence-corrected chi connectivity index (χ4v) is 3.07. The van der Waals surface area contributed by atoms with Crippen LogP contribution in [0.1, 0.15) is 5.56 Å². The van der Waals surface area contributed by atoms with Gasteiger partial charge in [0.25, 0.3) is 0 Å². The third-order valence-electron chi connectivity index (χ3n) is 3.83. The molecule has 0 saturated carbocycles. The summed E-state index contributed by atoms with van der Waals surface area (Å²) in [5.74, 6) is 0.180. The number of morpholine rings is 1. The molecule has 2 aromatic carbocycles. The van der Waals surface area contributed by atoms with Gasteiger partial charge in [0.15, 0.2) is 0 Å². The van der Waals surface area contributed by atoms with Gasteiger partial charge in [-0.3, -0.25) is 4.79 Å². The topological polar surface area (TPSA) is 29.5 Å². The van der Waals surface area contributed by atoms with E-state index in [-0.39, 0.29) is 12.0 Å². The SMILES string of the molecule is O=C(Cc1ccc2ccccc2c1)N1CCOC(CBr)C1. The first kappa shape index (κ1) is 14.5. The van der Waals surface area contributed by atoms with Crippen LogP contribution in [0.3, 0.4) is 0 Å². The first-order valence-electron chi connectivity index (χ1n) is 7.19. The Labute approximate surface area is 133 Å². The molecule has 0 bridgehead atoms. The molecule has 4 heteroatoms. The Kier molecular flexibility index (Phi) is 4.56. The summed E-state index contributed by atoms with van der Waals surface area (Å²) in [5, 5.41) is 3.16. The lowest BCUT2D eigenvalue weighted by Crippen LogP contribution is -2.46. The minimum Gasteiger partial charge on any atom is -0.374 e. The zero-order valence-electron chi connectivity index (χ0n) is 11.8. The summed E-state index contributed by atoms with van der Waals surface area (Å²) in [7, 11) is 0. The maximum atomic E-state index is 12.4. The first-order chi connectivity index (χ1) is 10.3. The number of amides is 1. The lowest BCUT2D eigenvalue weighted by molar-refractivity contribution is -0.137. The van der Waals surface area contributed by atoms with E-state index in [1.54, 1.807) is 0 Å². The number of fused-ring (bicyclic) bond motifs is 1. The monoisotopic (exact) mass is 347 g/mol. The van der Waals surface area contributed by atoms with Crippen LogP contribution in [0.5, 0.6) is 0 Å². The lowest BCUT2D eigenvalue weighted by atomic mass is 10.0. The summed E-state index contributed by atoms with van der Waals surface area (Å²) in [5.41, 5.74) is 1.07. The quantitative estimate of drug-likeness (QED) is 0.798. The van der Waals surface area contributed by atoms with E-state index in [1.807, 2.05) is 23.1 Å². The molecule has 1 aliphatic heterocycles. The fourth-order valence-electron chi connectivity index (χ4n) is 2.67. The Bertz CT molecular complexity index is 643. The third-order valence-corrected chi connectivity index (χ3v) is 4.55. The number of hydrogen-bond donors (Lipinski definition) is 0. The first-order valence-corrected chi connectivity index (χ1v) is 8.31. The highest BCUT2D eigenvalue weighted by Gasteiger charge is 2.23. The van der Waals surface area contributed by atoms with E-state index in [0.717, 1.165) is 10.9 Å². The smallest absolute Gasteiger partial charge is 0.227 e. The Morgan fingerprint density at radius 1 is 1.24 bits per heavy atom. The average molecular weight is 348 g/mol. The van der Waals surface area contributed by atoms with Gasteiger partial charge in [-0.1, -0.05) is 58.4 Å². The normalized spacial score (nSPS) is 18.9. The summed E-state index contributed by atoms with van der Waals surface area (Å²) < 4.78 is 5.57. The van der Waals surface area contributed by atoms with E-state index in [0.29, 0.717) is 26.1 Å². The predicted molar refractivity (Wildman–Crippen MR) is 87.8 cm³/mol. The summed E-state index contributed by atoms with van der Waals surface area (Å²) in [6.07, 6.45) is 0.569. The van der Waals surface area contributed by atoms with Gasteiger partial charge in [0.1, 0.15) is 0 Å². The maximum absolute atomic E-state index is 12.4. The van der Waals surface area contributed by atoms with E-state index in [1.165, 1.54) is 10.8 Å². The highest BCUT2D eigenvalue weighted by molar-refractivity contribution is 9.09. The minimum absolute atomic E-state index is 0.110.